The van der Waals surface area contributed by atoms with E-state index in [0.29, 0.717) is 6.42 Å². The Labute approximate surface area is 166 Å². The Balaban J connectivity index is 2.71. The maximum atomic E-state index is 12.7. The second-order valence-corrected chi connectivity index (χ2v) is 7.03. The largest absolute Gasteiger partial charge is 0.467 e. The minimum atomic E-state index is -0.845. The van der Waals surface area contributed by atoms with E-state index in [1.807, 2.05) is 50.3 Å². The molecule has 2 atom stereocenters. The summed E-state index contributed by atoms with van der Waals surface area (Å²) in [6.45, 7) is 7.50. The quantitative estimate of drug-likeness (QED) is 0.499. The maximum Gasteiger partial charge on any atom is 0.408 e. The molecule has 0 saturated carbocycles. The summed E-state index contributed by atoms with van der Waals surface area (Å²) in [5.74, 6) is -1.21. The summed E-state index contributed by atoms with van der Waals surface area (Å²) in [6, 6.07) is 7.57. The van der Waals surface area contributed by atoms with Crippen molar-refractivity contribution in [3.8, 4) is 0 Å². The van der Waals surface area contributed by atoms with Crippen LogP contribution >= 0.6 is 0 Å². The Bertz CT molecular complexity index is 681. The van der Waals surface area contributed by atoms with Gasteiger partial charge >= 0.3 is 12.1 Å². The molecular formula is C21H30N2O5. The van der Waals surface area contributed by atoms with E-state index in [2.05, 4.69) is 10.6 Å². The number of nitrogens with one attached hydrogen (secondary N) is 2. The highest BCUT2D eigenvalue weighted by Gasteiger charge is 2.29. The molecule has 0 aromatic heterocycles. The molecule has 28 heavy (non-hydrogen) atoms. The average molecular weight is 390 g/mol. The Morgan fingerprint density at radius 1 is 1.07 bits per heavy atom. The number of carbonyl (C=O) groups excluding carboxylic acids is 3. The number of carbonyl (C=O) groups is 3. The van der Waals surface area contributed by atoms with Gasteiger partial charge in [0.1, 0.15) is 18.7 Å². The zero-order valence-corrected chi connectivity index (χ0v) is 17.2. The van der Waals surface area contributed by atoms with Gasteiger partial charge in [-0.1, -0.05) is 55.8 Å². The summed E-state index contributed by atoms with van der Waals surface area (Å²) in [5, 5.41) is 5.23. The first-order valence-corrected chi connectivity index (χ1v) is 9.23. The Morgan fingerprint density at radius 2 is 1.71 bits per heavy atom. The van der Waals surface area contributed by atoms with E-state index in [1.165, 1.54) is 7.11 Å². The molecule has 2 N–H and O–H groups in total. The zero-order chi connectivity index (χ0) is 21.1. The highest BCUT2D eigenvalue weighted by molar-refractivity contribution is 5.89. The summed E-state index contributed by atoms with van der Waals surface area (Å²) in [4.78, 5) is 36.7. The highest BCUT2D eigenvalue weighted by atomic mass is 16.5. The third kappa shape index (κ3) is 8.24. The fourth-order valence-corrected chi connectivity index (χ4v) is 2.40. The van der Waals surface area contributed by atoms with Crippen molar-refractivity contribution in [1.29, 1.82) is 0 Å². The minimum Gasteiger partial charge on any atom is -0.467 e. The molecule has 0 aliphatic rings. The van der Waals surface area contributed by atoms with E-state index in [1.54, 1.807) is 13.8 Å². The predicted octanol–water partition coefficient (Wildman–Crippen LogP) is 2.95. The van der Waals surface area contributed by atoms with Crippen molar-refractivity contribution in [1.82, 2.24) is 10.6 Å². The van der Waals surface area contributed by atoms with Crippen LogP contribution in [-0.2, 0) is 25.7 Å². The van der Waals surface area contributed by atoms with E-state index in [0.717, 1.165) is 11.1 Å². The first kappa shape index (κ1) is 23.2. The molecule has 0 unspecified atom stereocenters. The Kier molecular flexibility index (Phi) is 9.78. The lowest BCUT2D eigenvalue weighted by molar-refractivity contribution is -0.145. The van der Waals surface area contributed by atoms with Crippen LogP contribution in [0, 0.1) is 5.92 Å². The number of amides is 2. The monoisotopic (exact) mass is 390 g/mol. The summed E-state index contributed by atoms with van der Waals surface area (Å²) in [6.07, 6.45) is 1.45. The van der Waals surface area contributed by atoms with Crippen LogP contribution in [0.2, 0.25) is 0 Å². The fraction of sp³-hybridized carbons (Fsp3) is 0.476. The topological polar surface area (TPSA) is 93.7 Å². The van der Waals surface area contributed by atoms with E-state index < -0.39 is 30.1 Å². The molecule has 7 heteroatoms. The van der Waals surface area contributed by atoms with Gasteiger partial charge < -0.3 is 20.1 Å². The predicted molar refractivity (Wildman–Crippen MR) is 106 cm³/mol. The Hall–Kier alpha value is -2.83. The minimum absolute atomic E-state index is 0.102. The van der Waals surface area contributed by atoms with Crippen LogP contribution in [0.5, 0.6) is 0 Å². The zero-order valence-electron chi connectivity index (χ0n) is 17.2. The van der Waals surface area contributed by atoms with Gasteiger partial charge in [-0.2, -0.15) is 0 Å². The lowest BCUT2D eigenvalue weighted by Crippen LogP contribution is -2.53. The van der Waals surface area contributed by atoms with E-state index in [4.69, 9.17) is 9.47 Å². The van der Waals surface area contributed by atoms with Crippen molar-refractivity contribution in [2.24, 2.45) is 5.92 Å². The second kappa shape index (κ2) is 11.8. The van der Waals surface area contributed by atoms with Gasteiger partial charge in [-0.15, -0.1) is 0 Å². The van der Waals surface area contributed by atoms with Crippen molar-refractivity contribution < 1.29 is 23.9 Å². The summed E-state index contributed by atoms with van der Waals surface area (Å²) < 4.78 is 9.94. The van der Waals surface area contributed by atoms with Crippen LogP contribution in [0.4, 0.5) is 4.79 Å². The molecule has 0 aliphatic carbocycles. The number of methoxy groups -OCH3 is 1. The summed E-state index contributed by atoms with van der Waals surface area (Å²) in [7, 11) is 1.27. The van der Waals surface area contributed by atoms with Crippen molar-refractivity contribution in [2.75, 3.05) is 7.11 Å². The molecular weight excluding hydrogens is 360 g/mol. The van der Waals surface area contributed by atoms with Gasteiger partial charge in [0.2, 0.25) is 5.91 Å². The van der Waals surface area contributed by atoms with E-state index in [9.17, 15) is 14.4 Å². The van der Waals surface area contributed by atoms with Gasteiger partial charge in [0, 0.05) is 0 Å². The fourth-order valence-electron chi connectivity index (χ4n) is 2.40. The molecule has 0 spiro atoms. The second-order valence-electron chi connectivity index (χ2n) is 7.03. The molecule has 0 saturated heterocycles. The van der Waals surface area contributed by atoms with Crippen molar-refractivity contribution in [2.45, 2.75) is 52.8 Å². The first-order valence-electron chi connectivity index (χ1n) is 9.23. The molecule has 1 rings (SSSR count). The average Bonchev–Trinajstić information content (AvgIpc) is 2.67. The molecule has 154 valence electrons. The normalized spacial score (nSPS) is 12.5. The van der Waals surface area contributed by atoms with E-state index in [-0.39, 0.29) is 12.5 Å². The van der Waals surface area contributed by atoms with Crippen molar-refractivity contribution in [3.05, 3.63) is 47.5 Å². The summed E-state index contributed by atoms with van der Waals surface area (Å²) >= 11 is 0. The SMILES string of the molecule is COC(=O)[C@H](CC=C(C)C)NC(=O)[C@H](NC(=O)OCc1ccccc1)C(C)C. The smallest absolute Gasteiger partial charge is 0.408 e. The van der Waals surface area contributed by atoms with Gasteiger partial charge in [-0.3, -0.25) is 4.79 Å². The van der Waals surface area contributed by atoms with Crippen LogP contribution < -0.4 is 10.6 Å². The molecule has 1 aromatic rings. The van der Waals surface area contributed by atoms with Crippen LogP contribution in [-0.4, -0.2) is 37.2 Å². The number of hydrogen-bond acceptors (Lipinski definition) is 5. The van der Waals surface area contributed by atoms with Crippen LogP contribution in [0.15, 0.2) is 42.0 Å². The first-order chi connectivity index (χ1) is 13.2. The third-order valence-electron chi connectivity index (χ3n) is 4.00. The van der Waals surface area contributed by atoms with Crippen molar-refractivity contribution >= 4 is 18.0 Å². The van der Waals surface area contributed by atoms with Gasteiger partial charge in [-0.05, 0) is 31.7 Å². The molecule has 0 fully saturated rings. The molecule has 0 aliphatic heterocycles. The van der Waals surface area contributed by atoms with Gasteiger partial charge in [-0.25, -0.2) is 9.59 Å². The maximum absolute atomic E-state index is 12.7. The number of hydrogen-bond donors (Lipinski definition) is 2. The number of esters is 1. The third-order valence-corrected chi connectivity index (χ3v) is 4.00. The van der Waals surface area contributed by atoms with Crippen LogP contribution in [0.25, 0.3) is 0 Å². The lowest BCUT2D eigenvalue weighted by Gasteiger charge is -2.24. The van der Waals surface area contributed by atoms with E-state index >= 15 is 0 Å². The van der Waals surface area contributed by atoms with Crippen LogP contribution in [0.1, 0.15) is 39.7 Å². The molecule has 1 aromatic carbocycles. The van der Waals surface area contributed by atoms with Gasteiger partial charge in [0.15, 0.2) is 0 Å². The number of ether oxygens (including phenoxy) is 2. The highest BCUT2D eigenvalue weighted by Crippen LogP contribution is 2.07. The number of allylic oxidation sites excluding steroid dienone is 1. The molecule has 0 heterocycles. The van der Waals surface area contributed by atoms with Crippen LogP contribution in [0.3, 0.4) is 0 Å². The lowest BCUT2D eigenvalue weighted by atomic mass is 10.0. The molecule has 0 bridgehead atoms. The Morgan fingerprint density at radius 3 is 2.25 bits per heavy atom. The number of benzene rings is 1. The van der Waals surface area contributed by atoms with Gasteiger partial charge in [0.05, 0.1) is 7.11 Å². The molecule has 2 amide bonds. The standard InChI is InChI=1S/C21H30N2O5/c1-14(2)11-12-17(20(25)27-5)22-19(24)18(15(3)4)23-21(26)28-13-16-9-7-6-8-10-16/h6-11,15,17-18H,12-13H2,1-5H3,(H,22,24)(H,23,26)/t17-,18+/m0/s1. The van der Waals surface area contributed by atoms with Gasteiger partial charge in [0.25, 0.3) is 0 Å². The molecule has 7 nitrogen and oxygen atoms in total. The number of alkyl carbamates (subject to hydrolysis) is 1. The molecule has 0 radical (unpaired) electrons. The van der Waals surface area contributed by atoms with Crippen molar-refractivity contribution in [3.63, 3.8) is 0 Å². The number of rotatable bonds is 9. The summed E-state index contributed by atoms with van der Waals surface area (Å²) in [5.41, 5.74) is 1.86.